The van der Waals surface area contributed by atoms with Gasteiger partial charge in [0.15, 0.2) is 0 Å². The molecule has 3 rings (SSSR count). The molecule has 1 atom stereocenters. The zero-order valence-electron chi connectivity index (χ0n) is 21.3. The number of carbonyl (C=O) groups excluding carboxylic acids is 2. The summed E-state index contributed by atoms with van der Waals surface area (Å²) in [6.45, 7) is 2.90. The number of carboxylic acid groups (broad SMARTS) is 1. The quantitative estimate of drug-likeness (QED) is 0.130. The summed E-state index contributed by atoms with van der Waals surface area (Å²) in [6, 6.07) is 6.13. The number of hydrazine groups is 1. The fourth-order valence-electron chi connectivity index (χ4n) is 4.91. The van der Waals surface area contributed by atoms with Crippen molar-refractivity contribution >= 4 is 46.6 Å². The van der Waals surface area contributed by atoms with Gasteiger partial charge >= 0.3 is 5.97 Å². The number of amides is 2. The van der Waals surface area contributed by atoms with Gasteiger partial charge in [0.05, 0.1) is 11.2 Å². The van der Waals surface area contributed by atoms with Gasteiger partial charge in [-0.25, -0.2) is 14.3 Å². The maximum atomic E-state index is 12.8. The van der Waals surface area contributed by atoms with Gasteiger partial charge in [-0.2, -0.15) is 4.72 Å². The van der Waals surface area contributed by atoms with Crippen LogP contribution in [-0.4, -0.2) is 86.2 Å². The molecule has 2 fully saturated rings. The molecule has 5 N–H and O–H groups in total. The molecule has 2 aliphatic rings. The van der Waals surface area contributed by atoms with Crippen LogP contribution in [0.1, 0.15) is 44.9 Å². The van der Waals surface area contributed by atoms with Crippen LogP contribution in [0.4, 0.5) is 0 Å². The molecule has 212 valence electrons. The summed E-state index contributed by atoms with van der Waals surface area (Å²) < 4.78 is 27.2. The number of aliphatic imine (C=N–C) groups is 1. The highest BCUT2D eigenvalue weighted by Crippen LogP contribution is 2.41. The number of carboxylic acids is 1. The Bertz CT molecular complexity index is 1070. The van der Waals surface area contributed by atoms with Crippen molar-refractivity contribution < 1.29 is 27.9 Å². The number of hydrogen-bond donors (Lipinski definition) is 4. The highest BCUT2D eigenvalue weighted by molar-refractivity contribution is 7.89. The predicted octanol–water partition coefficient (Wildman–Crippen LogP) is 0.733. The fourth-order valence-corrected chi connectivity index (χ4v) is 6.15. The third-order valence-corrected chi connectivity index (χ3v) is 8.76. The molecule has 12 nitrogen and oxygen atoms in total. The average molecular weight is 573 g/mol. The number of likely N-dealkylation sites (tertiary alicyclic amines) is 2. The molecule has 0 unspecified atom stereocenters. The van der Waals surface area contributed by atoms with E-state index in [1.165, 1.54) is 18.5 Å². The predicted molar refractivity (Wildman–Crippen MR) is 144 cm³/mol. The number of nitrogens with zero attached hydrogens (tertiary/aromatic N) is 3. The number of sulfonamides is 1. The maximum Gasteiger partial charge on any atom is 0.321 e. The fraction of sp³-hybridized carbons (Fsp3) is 0.583. The first-order valence-electron chi connectivity index (χ1n) is 12.5. The molecule has 2 aliphatic heterocycles. The number of hydrogen-bond acceptors (Lipinski definition) is 7. The lowest BCUT2D eigenvalue weighted by molar-refractivity contribution is -0.139. The molecule has 14 heteroatoms. The largest absolute Gasteiger partial charge is 0.480 e. The van der Waals surface area contributed by atoms with Crippen molar-refractivity contribution in [2.24, 2.45) is 16.3 Å². The normalized spacial score (nSPS) is 18.1. The standard InChI is InChI=1S/C24H36N6O6S.ClH/c25-27-18-26-13-8-22(32)30-16-11-24(12-17-30)9-14-29(15-10-24)21(31)7-6-20(23(33)34)28-37(35,36)19-4-2-1-3-5-19;/h1-5,18,20,28H,6-17,25H2,(H,26,27)(H,33,34);1H/t20-;/m0./s1. The van der Waals surface area contributed by atoms with Crippen molar-refractivity contribution in [3.05, 3.63) is 30.3 Å². The minimum atomic E-state index is -4.01. The maximum absolute atomic E-state index is 12.8. The van der Waals surface area contributed by atoms with E-state index in [1.807, 2.05) is 4.90 Å². The Balaban J connectivity index is 0.00000507. The van der Waals surface area contributed by atoms with E-state index in [4.69, 9.17) is 5.84 Å². The molecule has 2 saturated heterocycles. The molecule has 0 aliphatic carbocycles. The molecule has 0 bridgehead atoms. The van der Waals surface area contributed by atoms with Crippen molar-refractivity contribution in [1.82, 2.24) is 19.9 Å². The number of nitrogens with two attached hydrogens (primary N) is 1. The highest BCUT2D eigenvalue weighted by Gasteiger charge is 2.39. The summed E-state index contributed by atoms with van der Waals surface area (Å²) in [5.41, 5.74) is 2.41. The first-order chi connectivity index (χ1) is 17.7. The van der Waals surface area contributed by atoms with Gasteiger partial charge < -0.3 is 20.3 Å². The Morgan fingerprint density at radius 1 is 1.00 bits per heavy atom. The first kappa shape index (κ1) is 31.5. The van der Waals surface area contributed by atoms with Crippen molar-refractivity contribution in [2.45, 2.75) is 55.9 Å². The lowest BCUT2D eigenvalue weighted by atomic mass is 9.71. The van der Waals surface area contributed by atoms with Crippen LogP contribution in [0.15, 0.2) is 40.2 Å². The van der Waals surface area contributed by atoms with Gasteiger partial charge in [-0.1, -0.05) is 18.2 Å². The number of benzene rings is 1. The minimum Gasteiger partial charge on any atom is -0.480 e. The molecule has 2 heterocycles. The van der Waals surface area contributed by atoms with Gasteiger partial charge in [0.2, 0.25) is 21.8 Å². The van der Waals surface area contributed by atoms with Gasteiger partial charge in [0.25, 0.3) is 0 Å². The monoisotopic (exact) mass is 572 g/mol. The number of rotatable bonds is 11. The molecule has 1 aromatic carbocycles. The lowest BCUT2D eigenvalue weighted by Crippen LogP contribution is -2.49. The number of aliphatic carboxylic acids is 1. The smallest absolute Gasteiger partial charge is 0.321 e. The van der Waals surface area contributed by atoms with Crippen molar-refractivity contribution in [3.63, 3.8) is 0 Å². The van der Waals surface area contributed by atoms with Crippen LogP contribution < -0.4 is 16.0 Å². The summed E-state index contributed by atoms with van der Waals surface area (Å²) in [5.74, 6) is 3.68. The second-order valence-electron chi connectivity index (χ2n) is 9.58. The van der Waals surface area contributed by atoms with Gasteiger partial charge in [-0.3, -0.25) is 19.4 Å². The van der Waals surface area contributed by atoms with E-state index in [-0.39, 0.29) is 47.4 Å². The molecular weight excluding hydrogens is 536 g/mol. The molecule has 0 radical (unpaired) electrons. The highest BCUT2D eigenvalue weighted by atomic mass is 35.5. The van der Waals surface area contributed by atoms with E-state index in [2.05, 4.69) is 15.1 Å². The molecule has 38 heavy (non-hydrogen) atoms. The second kappa shape index (κ2) is 14.4. The van der Waals surface area contributed by atoms with Gasteiger partial charge in [0.1, 0.15) is 6.04 Å². The van der Waals surface area contributed by atoms with Gasteiger partial charge in [-0.15, -0.1) is 12.4 Å². The third-order valence-electron chi connectivity index (χ3n) is 7.27. The summed E-state index contributed by atoms with van der Waals surface area (Å²) in [5, 5.41) is 9.51. The van der Waals surface area contributed by atoms with Crippen LogP contribution in [-0.2, 0) is 24.4 Å². The van der Waals surface area contributed by atoms with Crippen LogP contribution in [0.3, 0.4) is 0 Å². The Morgan fingerprint density at radius 3 is 2.03 bits per heavy atom. The van der Waals surface area contributed by atoms with Crippen LogP contribution in [0, 0.1) is 5.41 Å². The summed E-state index contributed by atoms with van der Waals surface area (Å²) in [7, 11) is -4.01. The molecule has 0 saturated carbocycles. The lowest BCUT2D eigenvalue weighted by Gasteiger charge is -2.47. The van der Waals surface area contributed by atoms with E-state index in [1.54, 1.807) is 23.1 Å². The summed E-state index contributed by atoms with van der Waals surface area (Å²) in [4.78, 5) is 44.4. The van der Waals surface area contributed by atoms with Crippen molar-refractivity contribution in [2.75, 3.05) is 32.7 Å². The van der Waals surface area contributed by atoms with Crippen molar-refractivity contribution in [1.29, 1.82) is 0 Å². The van der Waals surface area contributed by atoms with Crippen LogP contribution >= 0.6 is 12.4 Å². The number of nitrogens with one attached hydrogen (secondary N) is 2. The van der Waals surface area contributed by atoms with E-state index >= 15 is 0 Å². The summed E-state index contributed by atoms with van der Waals surface area (Å²) in [6.07, 6.45) is 4.93. The van der Waals surface area contributed by atoms with E-state index < -0.39 is 22.0 Å². The van der Waals surface area contributed by atoms with E-state index in [0.717, 1.165) is 25.7 Å². The molecule has 1 aromatic rings. The number of piperidine rings is 2. The van der Waals surface area contributed by atoms with Crippen LogP contribution in [0.25, 0.3) is 0 Å². The zero-order valence-corrected chi connectivity index (χ0v) is 22.9. The first-order valence-corrected chi connectivity index (χ1v) is 13.9. The summed E-state index contributed by atoms with van der Waals surface area (Å²) >= 11 is 0. The second-order valence-corrected chi connectivity index (χ2v) is 11.3. The SMILES string of the molecule is Cl.NNC=NCCC(=O)N1CCC2(CC1)CCN(C(=O)CC[C@H](NS(=O)(=O)c1ccccc1)C(=O)O)CC2. The van der Waals surface area contributed by atoms with E-state index in [9.17, 15) is 27.9 Å². The average Bonchev–Trinajstić information content (AvgIpc) is 2.90. The van der Waals surface area contributed by atoms with Gasteiger partial charge in [-0.05, 0) is 49.7 Å². The molecule has 0 aromatic heterocycles. The third kappa shape index (κ3) is 8.65. The Kier molecular flexibility index (Phi) is 11.9. The molecular formula is C24H37ClN6O6S. The minimum absolute atomic E-state index is 0. The Labute approximate surface area is 229 Å². The van der Waals surface area contributed by atoms with Crippen LogP contribution in [0.2, 0.25) is 0 Å². The molecule has 1 spiro atoms. The topological polar surface area (TPSA) is 174 Å². The number of halogens is 1. The Morgan fingerprint density at radius 2 is 1.53 bits per heavy atom. The molecule has 2 amide bonds. The van der Waals surface area contributed by atoms with E-state index in [0.29, 0.717) is 39.1 Å². The van der Waals surface area contributed by atoms with Crippen LogP contribution in [0.5, 0.6) is 0 Å². The zero-order chi connectivity index (χ0) is 26.9. The van der Waals surface area contributed by atoms with Crippen molar-refractivity contribution in [3.8, 4) is 0 Å². The van der Waals surface area contributed by atoms with Gasteiger partial charge in [0, 0.05) is 45.6 Å². The number of carbonyl (C=O) groups is 3. The Hall–Kier alpha value is -2.74.